The van der Waals surface area contributed by atoms with Crippen molar-refractivity contribution in [1.29, 1.82) is 0 Å². The van der Waals surface area contributed by atoms with Crippen LogP contribution in [-0.2, 0) is 4.79 Å². The number of thiazole rings is 1. The second-order valence-corrected chi connectivity index (χ2v) is 7.34. The molecule has 0 saturated carbocycles. The van der Waals surface area contributed by atoms with Crippen LogP contribution in [0.15, 0.2) is 60.0 Å². The molecule has 1 aromatic heterocycles. The van der Waals surface area contributed by atoms with Gasteiger partial charge in [-0.05, 0) is 35.3 Å². The number of anilines is 1. The van der Waals surface area contributed by atoms with Crippen LogP contribution in [-0.4, -0.2) is 15.8 Å². The molecular formula is C21H19N3O3S. The van der Waals surface area contributed by atoms with Crippen LogP contribution in [0.4, 0.5) is 10.8 Å². The number of rotatable bonds is 6. The zero-order valence-electron chi connectivity index (χ0n) is 15.5. The fourth-order valence-electron chi connectivity index (χ4n) is 2.53. The maximum absolute atomic E-state index is 12.1. The Bertz CT molecular complexity index is 1010. The third-order valence-corrected chi connectivity index (χ3v) is 4.90. The van der Waals surface area contributed by atoms with Crippen LogP contribution in [0.2, 0.25) is 0 Å². The number of hydrogen-bond acceptors (Lipinski definition) is 5. The highest BCUT2D eigenvalue weighted by Gasteiger charge is 2.08. The van der Waals surface area contributed by atoms with E-state index < -0.39 is 4.92 Å². The second kappa shape index (κ2) is 8.58. The zero-order valence-corrected chi connectivity index (χ0v) is 16.3. The molecule has 7 heteroatoms. The normalized spacial score (nSPS) is 11.1. The van der Waals surface area contributed by atoms with Crippen LogP contribution in [0.5, 0.6) is 0 Å². The summed E-state index contributed by atoms with van der Waals surface area (Å²) in [5.41, 5.74) is 3.80. The number of carbonyl (C=O) groups excluding carboxylic acids is 1. The van der Waals surface area contributed by atoms with Gasteiger partial charge in [-0.2, -0.15) is 0 Å². The van der Waals surface area contributed by atoms with E-state index in [1.807, 2.05) is 17.5 Å². The highest BCUT2D eigenvalue weighted by molar-refractivity contribution is 7.14. The SMILES string of the molecule is CC(C)c1ccc(-c2csc(NC(=O)/C=C/c3ccc([N+](=O)[O-])cc3)n2)cc1. The standard InChI is InChI=1S/C21H19N3O3S/c1-14(2)16-6-8-17(9-7-16)19-13-28-21(22-19)23-20(25)12-5-15-3-10-18(11-4-15)24(26)27/h3-14H,1-2H3,(H,22,23,25)/b12-5+. The first-order valence-corrected chi connectivity index (χ1v) is 9.60. The van der Waals surface area contributed by atoms with Gasteiger partial charge >= 0.3 is 0 Å². The molecule has 142 valence electrons. The maximum Gasteiger partial charge on any atom is 0.269 e. The minimum Gasteiger partial charge on any atom is -0.298 e. The maximum atomic E-state index is 12.1. The lowest BCUT2D eigenvalue weighted by atomic mass is 10.0. The number of nitro groups is 1. The van der Waals surface area contributed by atoms with E-state index in [2.05, 4.69) is 36.3 Å². The molecule has 3 aromatic rings. The van der Waals surface area contributed by atoms with E-state index in [0.717, 1.165) is 11.3 Å². The zero-order chi connectivity index (χ0) is 20.1. The van der Waals surface area contributed by atoms with Crippen molar-refractivity contribution in [3.05, 3.63) is 81.2 Å². The molecule has 0 aliphatic heterocycles. The molecule has 2 aromatic carbocycles. The fourth-order valence-corrected chi connectivity index (χ4v) is 3.25. The number of carbonyl (C=O) groups is 1. The fraction of sp³-hybridized carbons (Fsp3) is 0.143. The number of nitrogens with zero attached hydrogens (tertiary/aromatic N) is 2. The Morgan fingerprint density at radius 1 is 1.14 bits per heavy atom. The third kappa shape index (κ3) is 4.89. The Kier molecular flexibility index (Phi) is 5.96. The summed E-state index contributed by atoms with van der Waals surface area (Å²) in [5, 5.41) is 15.8. The molecule has 0 spiro atoms. The predicted molar refractivity (Wildman–Crippen MR) is 112 cm³/mol. The van der Waals surface area contributed by atoms with Crippen LogP contribution in [0.3, 0.4) is 0 Å². The molecule has 0 unspecified atom stereocenters. The van der Waals surface area contributed by atoms with Gasteiger partial charge in [-0.3, -0.25) is 20.2 Å². The van der Waals surface area contributed by atoms with Crippen LogP contribution >= 0.6 is 11.3 Å². The molecule has 0 atom stereocenters. The number of amides is 1. The smallest absolute Gasteiger partial charge is 0.269 e. The first kappa shape index (κ1) is 19.4. The number of nitro benzene ring substituents is 1. The summed E-state index contributed by atoms with van der Waals surface area (Å²) >= 11 is 1.36. The topological polar surface area (TPSA) is 85.1 Å². The Labute approximate surface area is 166 Å². The van der Waals surface area contributed by atoms with E-state index in [1.54, 1.807) is 18.2 Å². The first-order valence-electron chi connectivity index (χ1n) is 8.72. The van der Waals surface area contributed by atoms with E-state index in [9.17, 15) is 14.9 Å². The monoisotopic (exact) mass is 393 g/mol. The number of hydrogen-bond donors (Lipinski definition) is 1. The van der Waals surface area contributed by atoms with Gasteiger partial charge in [0.2, 0.25) is 5.91 Å². The summed E-state index contributed by atoms with van der Waals surface area (Å²) in [6, 6.07) is 14.2. The summed E-state index contributed by atoms with van der Waals surface area (Å²) < 4.78 is 0. The Morgan fingerprint density at radius 3 is 2.43 bits per heavy atom. The summed E-state index contributed by atoms with van der Waals surface area (Å²) in [5.74, 6) is 0.163. The summed E-state index contributed by atoms with van der Waals surface area (Å²) in [4.78, 5) is 26.7. The molecule has 0 radical (unpaired) electrons. The van der Waals surface area contributed by atoms with Gasteiger partial charge in [0.15, 0.2) is 5.13 Å². The predicted octanol–water partition coefficient (Wildman–Crippen LogP) is 5.49. The van der Waals surface area contributed by atoms with Gasteiger partial charge < -0.3 is 0 Å². The van der Waals surface area contributed by atoms with Crippen LogP contribution in [0, 0.1) is 10.1 Å². The quantitative estimate of drug-likeness (QED) is 0.341. The van der Waals surface area contributed by atoms with Crippen molar-refractivity contribution in [2.45, 2.75) is 19.8 Å². The third-order valence-electron chi connectivity index (χ3n) is 4.14. The molecule has 6 nitrogen and oxygen atoms in total. The lowest BCUT2D eigenvalue weighted by molar-refractivity contribution is -0.384. The van der Waals surface area contributed by atoms with Crippen molar-refractivity contribution in [2.24, 2.45) is 0 Å². The molecule has 3 rings (SSSR count). The summed E-state index contributed by atoms with van der Waals surface area (Å²) in [7, 11) is 0. The van der Waals surface area contributed by atoms with Crippen molar-refractivity contribution < 1.29 is 9.72 Å². The van der Waals surface area contributed by atoms with E-state index in [-0.39, 0.29) is 11.6 Å². The van der Waals surface area contributed by atoms with Crippen molar-refractivity contribution in [3.63, 3.8) is 0 Å². The van der Waals surface area contributed by atoms with E-state index in [1.165, 1.54) is 35.1 Å². The van der Waals surface area contributed by atoms with E-state index >= 15 is 0 Å². The van der Waals surface area contributed by atoms with Crippen molar-refractivity contribution in [3.8, 4) is 11.3 Å². The minimum absolute atomic E-state index is 0.0124. The molecule has 0 bridgehead atoms. The molecule has 0 fully saturated rings. The number of nitrogens with one attached hydrogen (secondary N) is 1. The lowest BCUT2D eigenvalue weighted by Crippen LogP contribution is -2.07. The molecule has 1 amide bonds. The van der Waals surface area contributed by atoms with Gasteiger partial charge in [0.25, 0.3) is 5.69 Å². The van der Waals surface area contributed by atoms with Gasteiger partial charge in [-0.25, -0.2) is 4.98 Å². The van der Waals surface area contributed by atoms with Gasteiger partial charge in [-0.15, -0.1) is 11.3 Å². The molecular weight excluding hydrogens is 374 g/mol. The number of aromatic nitrogens is 1. The van der Waals surface area contributed by atoms with Crippen LogP contribution in [0.25, 0.3) is 17.3 Å². The van der Waals surface area contributed by atoms with E-state index in [0.29, 0.717) is 16.6 Å². The Hall–Kier alpha value is -3.32. The highest BCUT2D eigenvalue weighted by Crippen LogP contribution is 2.26. The molecule has 28 heavy (non-hydrogen) atoms. The van der Waals surface area contributed by atoms with Crippen molar-refractivity contribution in [1.82, 2.24) is 4.98 Å². The molecule has 1 N–H and O–H groups in total. The summed E-state index contributed by atoms with van der Waals surface area (Å²) in [6.45, 7) is 4.30. The first-order chi connectivity index (χ1) is 13.4. The molecule has 1 heterocycles. The van der Waals surface area contributed by atoms with Crippen molar-refractivity contribution >= 4 is 34.1 Å². The average molecular weight is 393 g/mol. The number of non-ortho nitro benzene ring substituents is 1. The van der Waals surface area contributed by atoms with Gasteiger partial charge in [0.05, 0.1) is 10.6 Å². The number of benzene rings is 2. The summed E-state index contributed by atoms with van der Waals surface area (Å²) in [6.07, 6.45) is 2.97. The average Bonchev–Trinajstić information content (AvgIpc) is 3.15. The van der Waals surface area contributed by atoms with Gasteiger partial charge in [0.1, 0.15) is 0 Å². The van der Waals surface area contributed by atoms with E-state index in [4.69, 9.17) is 0 Å². The minimum atomic E-state index is -0.462. The molecule has 0 aliphatic carbocycles. The van der Waals surface area contributed by atoms with Gasteiger partial charge in [-0.1, -0.05) is 38.1 Å². The second-order valence-electron chi connectivity index (χ2n) is 6.49. The highest BCUT2D eigenvalue weighted by atomic mass is 32.1. The van der Waals surface area contributed by atoms with Gasteiger partial charge in [0, 0.05) is 29.2 Å². The molecule has 0 aliphatic rings. The Morgan fingerprint density at radius 2 is 1.82 bits per heavy atom. The Balaban J connectivity index is 1.62. The molecule has 0 saturated heterocycles. The van der Waals surface area contributed by atoms with Crippen molar-refractivity contribution in [2.75, 3.05) is 5.32 Å². The lowest BCUT2D eigenvalue weighted by Gasteiger charge is -2.05. The van der Waals surface area contributed by atoms with Crippen LogP contribution in [0.1, 0.15) is 30.9 Å². The van der Waals surface area contributed by atoms with Crippen LogP contribution < -0.4 is 5.32 Å². The largest absolute Gasteiger partial charge is 0.298 e.